The smallest absolute Gasteiger partial charge is 0.133 e. The van der Waals surface area contributed by atoms with Crippen LogP contribution in [0.15, 0.2) is 18.2 Å². The summed E-state index contributed by atoms with van der Waals surface area (Å²) in [6.07, 6.45) is 7.30. The van der Waals surface area contributed by atoms with E-state index in [1.54, 1.807) is 12.7 Å². The number of hydrogen-bond acceptors (Lipinski definition) is 2. The molecule has 0 amide bonds. The number of aryl methyl sites for hydroxylation is 1. The molecule has 2 heteroatoms. The lowest BCUT2D eigenvalue weighted by molar-refractivity contribution is -0.125. The molecule has 0 saturated heterocycles. The van der Waals surface area contributed by atoms with E-state index >= 15 is 0 Å². The minimum atomic E-state index is 0.261. The fourth-order valence-corrected chi connectivity index (χ4v) is 6.35. The number of ketones is 1. The summed E-state index contributed by atoms with van der Waals surface area (Å²) in [6.45, 7) is 4.23. The first-order chi connectivity index (χ1) is 11.0. The number of methoxy groups -OCH3 is 1. The third-order valence-electron chi connectivity index (χ3n) is 7.42. The van der Waals surface area contributed by atoms with Gasteiger partial charge in [-0.1, -0.05) is 13.0 Å². The Labute approximate surface area is 139 Å². The van der Waals surface area contributed by atoms with E-state index in [0.717, 1.165) is 24.0 Å². The topological polar surface area (TPSA) is 26.3 Å². The van der Waals surface area contributed by atoms with E-state index in [0.29, 0.717) is 17.6 Å². The first-order valence-electron chi connectivity index (χ1n) is 9.22. The second-order valence-electron chi connectivity index (χ2n) is 8.27. The van der Waals surface area contributed by atoms with Gasteiger partial charge in [-0.15, -0.1) is 0 Å². The van der Waals surface area contributed by atoms with Crippen LogP contribution in [0.25, 0.3) is 0 Å². The molecule has 2 saturated carbocycles. The molecule has 23 heavy (non-hydrogen) atoms. The molecule has 124 valence electrons. The van der Waals surface area contributed by atoms with E-state index in [4.69, 9.17) is 4.74 Å². The van der Waals surface area contributed by atoms with Gasteiger partial charge in [0, 0.05) is 5.92 Å². The van der Waals surface area contributed by atoms with Crippen LogP contribution in [-0.2, 0) is 11.2 Å². The highest BCUT2D eigenvalue weighted by Crippen LogP contribution is 2.63. The van der Waals surface area contributed by atoms with Crippen molar-refractivity contribution in [2.45, 2.75) is 58.3 Å². The maximum atomic E-state index is 12.1. The van der Waals surface area contributed by atoms with Crippen LogP contribution >= 0.6 is 0 Å². The van der Waals surface area contributed by atoms with E-state index in [-0.39, 0.29) is 5.41 Å². The Kier molecular flexibility index (Phi) is 3.55. The third-order valence-corrected chi connectivity index (χ3v) is 7.42. The van der Waals surface area contributed by atoms with Crippen LogP contribution in [0.5, 0.6) is 5.75 Å². The molecular weight excluding hydrogens is 284 g/mol. The number of rotatable bonds is 2. The lowest BCUT2D eigenvalue weighted by Crippen LogP contribution is -2.43. The largest absolute Gasteiger partial charge is 0.497 e. The maximum absolute atomic E-state index is 12.1. The van der Waals surface area contributed by atoms with Crippen LogP contribution in [0.3, 0.4) is 0 Å². The quantitative estimate of drug-likeness (QED) is 0.787. The van der Waals surface area contributed by atoms with Gasteiger partial charge < -0.3 is 4.74 Å². The molecule has 4 rings (SSSR count). The molecule has 2 fully saturated rings. The predicted octanol–water partition coefficient (Wildman–Crippen LogP) is 4.76. The number of carbonyl (C=O) groups excluding carboxylic acids is 1. The fraction of sp³-hybridized carbons (Fsp3) is 0.667. The lowest BCUT2D eigenvalue weighted by atomic mass is 9.54. The molecule has 0 spiro atoms. The van der Waals surface area contributed by atoms with Gasteiger partial charge in [0.2, 0.25) is 0 Å². The SMILES string of the molecule is COc1ccc2c(c1)CC[C@@H]1[C@H]3CC[C@@H](C(C)=O)[C@@]3(C)CC[C@@H]21. The molecule has 0 heterocycles. The Bertz CT molecular complexity index is 635. The lowest BCUT2D eigenvalue weighted by Gasteiger charge is -2.50. The molecule has 0 aromatic heterocycles. The highest BCUT2D eigenvalue weighted by atomic mass is 16.5. The molecule has 5 atom stereocenters. The third kappa shape index (κ3) is 2.17. The summed E-state index contributed by atoms with van der Waals surface area (Å²) in [5.41, 5.74) is 3.32. The number of hydrogen-bond donors (Lipinski definition) is 0. The molecule has 3 aliphatic rings. The molecule has 2 nitrogen and oxygen atoms in total. The summed E-state index contributed by atoms with van der Waals surface area (Å²) >= 11 is 0. The normalized spacial score (nSPS) is 38.4. The summed E-state index contributed by atoms with van der Waals surface area (Å²) in [4.78, 5) is 12.1. The number of benzene rings is 1. The van der Waals surface area contributed by atoms with Crippen molar-refractivity contribution in [2.75, 3.05) is 7.11 Å². The first-order valence-corrected chi connectivity index (χ1v) is 9.22. The van der Waals surface area contributed by atoms with Gasteiger partial charge in [-0.2, -0.15) is 0 Å². The minimum absolute atomic E-state index is 0.261. The standard InChI is InChI=1S/C21H28O2/c1-13(22)19-8-9-20-18-6-4-14-12-15(23-3)5-7-16(14)17(18)10-11-21(19,20)2/h5,7,12,17-20H,4,6,8-11H2,1-3H3/t17-,18-,19-,20+,21+/m0/s1. The van der Waals surface area contributed by atoms with Crippen molar-refractivity contribution in [1.29, 1.82) is 0 Å². The zero-order valence-corrected chi connectivity index (χ0v) is 14.6. The average molecular weight is 312 g/mol. The van der Waals surface area contributed by atoms with Crippen LogP contribution in [0.2, 0.25) is 0 Å². The van der Waals surface area contributed by atoms with E-state index in [2.05, 4.69) is 25.1 Å². The van der Waals surface area contributed by atoms with Crippen molar-refractivity contribution >= 4 is 5.78 Å². The second-order valence-corrected chi connectivity index (χ2v) is 8.27. The van der Waals surface area contributed by atoms with Crippen LogP contribution in [-0.4, -0.2) is 12.9 Å². The van der Waals surface area contributed by atoms with Gasteiger partial charge in [-0.25, -0.2) is 0 Å². The zero-order valence-electron chi connectivity index (χ0n) is 14.6. The van der Waals surface area contributed by atoms with Crippen molar-refractivity contribution < 1.29 is 9.53 Å². The first kappa shape index (κ1) is 15.2. The van der Waals surface area contributed by atoms with Crippen molar-refractivity contribution in [3.63, 3.8) is 0 Å². The Morgan fingerprint density at radius 1 is 1.22 bits per heavy atom. The summed E-state index contributed by atoms with van der Waals surface area (Å²) in [5.74, 6) is 3.94. The Morgan fingerprint density at radius 3 is 2.78 bits per heavy atom. The second kappa shape index (κ2) is 5.36. The van der Waals surface area contributed by atoms with Gasteiger partial charge in [0.05, 0.1) is 7.11 Å². The van der Waals surface area contributed by atoms with Crippen LogP contribution in [0.4, 0.5) is 0 Å². The van der Waals surface area contributed by atoms with Crippen LogP contribution in [0.1, 0.15) is 63.0 Å². The molecule has 0 N–H and O–H groups in total. The molecule has 0 bridgehead atoms. The highest BCUT2D eigenvalue weighted by Gasteiger charge is 2.55. The Hall–Kier alpha value is -1.31. The van der Waals surface area contributed by atoms with Gasteiger partial charge in [-0.05, 0) is 91.9 Å². The molecule has 1 aromatic carbocycles. The van der Waals surface area contributed by atoms with E-state index in [1.165, 1.54) is 37.7 Å². The van der Waals surface area contributed by atoms with Crippen LogP contribution in [0, 0.1) is 23.2 Å². The van der Waals surface area contributed by atoms with Crippen molar-refractivity contribution in [3.05, 3.63) is 29.3 Å². The molecule has 0 unspecified atom stereocenters. The van der Waals surface area contributed by atoms with Gasteiger partial charge in [-0.3, -0.25) is 4.79 Å². The summed E-state index contributed by atoms with van der Waals surface area (Å²) in [5, 5.41) is 0. The zero-order chi connectivity index (χ0) is 16.2. The minimum Gasteiger partial charge on any atom is -0.497 e. The molecule has 1 aromatic rings. The van der Waals surface area contributed by atoms with Crippen molar-refractivity contribution in [1.82, 2.24) is 0 Å². The highest BCUT2D eigenvalue weighted by molar-refractivity contribution is 5.79. The van der Waals surface area contributed by atoms with Gasteiger partial charge in [0.15, 0.2) is 0 Å². The van der Waals surface area contributed by atoms with Crippen molar-refractivity contribution in [3.8, 4) is 5.75 Å². The molecule has 0 radical (unpaired) electrons. The maximum Gasteiger partial charge on any atom is 0.133 e. The number of Topliss-reactive ketones (excluding diaryl/α,β-unsaturated/α-hetero) is 1. The van der Waals surface area contributed by atoms with Gasteiger partial charge in [0.1, 0.15) is 11.5 Å². The molecule has 0 aliphatic heterocycles. The van der Waals surface area contributed by atoms with Crippen LogP contribution < -0.4 is 4.74 Å². The average Bonchev–Trinajstić information content (AvgIpc) is 2.91. The van der Waals surface area contributed by atoms with Gasteiger partial charge in [0.25, 0.3) is 0 Å². The Morgan fingerprint density at radius 2 is 2.04 bits per heavy atom. The van der Waals surface area contributed by atoms with E-state index < -0.39 is 0 Å². The number of carbonyl (C=O) groups is 1. The molecular formula is C21H28O2. The molecule has 3 aliphatic carbocycles. The van der Waals surface area contributed by atoms with Gasteiger partial charge >= 0.3 is 0 Å². The van der Waals surface area contributed by atoms with E-state index in [1.807, 2.05) is 6.92 Å². The van der Waals surface area contributed by atoms with E-state index in [9.17, 15) is 4.79 Å². The Balaban J connectivity index is 1.66. The fourth-order valence-electron chi connectivity index (χ4n) is 6.35. The monoisotopic (exact) mass is 312 g/mol. The van der Waals surface area contributed by atoms with Crippen molar-refractivity contribution in [2.24, 2.45) is 23.2 Å². The number of ether oxygens (including phenoxy) is 1. The summed E-state index contributed by atoms with van der Waals surface area (Å²) in [7, 11) is 1.75. The predicted molar refractivity (Wildman–Crippen MR) is 91.8 cm³/mol. The summed E-state index contributed by atoms with van der Waals surface area (Å²) in [6, 6.07) is 6.68. The number of fused-ring (bicyclic) bond motifs is 5. The summed E-state index contributed by atoms with van der Waals surface area (Å²) < 4.78 is 5.40.